The molecule has 0 aliphatic rings. The Morgan fingerprint density at radius 1 is 1.19 bits per heavy atom. The molecule has 1 aromatic heterocycles. The Hall–Kier alpha value is -3.08. The van der Waals surface area contributed by atoms with Gasteiger partial charge in [-0.3, -0.25) is 4.79 Å². The largest absolute Gasteiger partial charge is 0.483 e. The van der Waals surface area contributed by atoms with Crippen molar-refractivity contribution < 1.29 is 9.53 Å². The zero-order valence-electron chi connectivity index (χ0n) is 16.6. The smallest absolute Gasteiger partial charge is 0.257 e. The molecule has 0 aliphatic heterocycles. The van der Waals surface area contributed by atoms with Gasteiger partial charge in [0, 0.05) is 43.0 Å². The van der Waals surface area contributed by atoms with E-state index >= 15 is 0 Å². The molecule has 0 fully saturated rings. The van der Waals surface area contributed by atoms with Crippen molar-refractivity contribution in [3.05, 3.63) is 64.8 Å². The van der Waals surface area contributed by atoms with Crippen LogP contribution in [-0.2, 0) is 11.8 Å². The topological polar surface area (TPSA) is 67.1 Å². The standard InChI is InChI=1S/C12H17NO2.C10H10N2/c1-8-5-9(2)12(10(3)6-8)15-7-11(14)13-4;1-12-6-5-9-8(7-11)3-2-4-10(9)12/h5-6H,7H2,1-4H3,(H,13,14);2-7,11H,1H3. The van der Waals surface area contributed by atoms with Gasteiger partial charge in [-0.15, -0.1) is 0 Å². The van der Waals surface area contributed by atoms with Gasteiger partial charge in [-0.1, -0.05) is 29.8 Å². The fraction of sp³-hybridized carbons (Fsp3) is 0.273. The van der Waals surface area contributed by atoms with Crippen LogP contribution in [-0.4, -0.2) is 30.3 Å². The van der Waals surface area contributed by atoms with Crippen LogP contribution in [0.3, 0.4) is 0 Å². The number of amides is 1. The Balaban J connectivity index is 0.000000198. The molecule has 1 heterocycles. The quantitative estimate of drug-likeness (QED) is 0.688. The average molecular weight is 365 g/mol. The highest BCUT2D eigenvalue weighted by molar-refractivity contribution is 5.97. The average Bonchev–Trinajstić information content (AvgIpc) is 3.02. The van der Waals surface area contributed by atoms with Crippen molar-refractivity contribution in [3.63, 3.8) is 0 Å². The van der Waals surface area contributed by atoms with Gasteiger partial charge in [-0.05, 0) is 44.0 Å². The normalized spacial score (nSPS) is 10.1. The number of hydrogen-bond acceptors (Lipinski definition) is 3. The Morgan fingerprint density at radius 3 is 2.44 bits per heavy atom. The second kappa shape index (κ2) is 9.03. The van der Waals surface area contributed by atoms with E-state index in [-0.39, 0.29) is 12.5 Å². The molecule has 2 aromatic carbocycles. The van der Waals surface area contributed by atoms with Crippen molar-refractivity contribution in [3.8, 4) is 5.75 Å². The number of aromatic nitrogens is 1. The minimum Gasteiger partial charge on any atom is -0.483 e. The van der Waals surface area contributed by atoms with Crippen molar-refractivity contribution in [2.24, 2.45) is 7.05 Å². The molecule has 0 radical (unpaired) electrons. The minimum atomic E-state index is -0.116. The molecule has 0 spiro atoms. The summed E-state index contributed by atoms with van der Waals surface area (Å²) in [5.41, 5.74) is 5.49. The van der Waals surface area contributed by atoms with Crippen molar-refractivity contribution in [1.82, 2.24) is 9.88 Å². The lowest BCUT2D eigenvalue weighted by atomic mass is 10.1. The third kappa shape index (κ3) is 4.97. The van der Waals surface area contributed by atoms with E-state index in [1.807, 2.05) is 64.3 Å². The number of carbonyl (C=O) groups is 1. The second-order valence-corrected chi connectivity index (χ2v) is 6.54. The molecule has 0 unspecified atom stereocenters. The SMILES string of the molecule is CNC(=O)COc1c(C)cc(C)cc1C.Cn1ccc2c(C=N)cccc21. The van der Waals surface area contributed by atoms with E-state index in [1.54, 1.807) is 7.05 Å². The maximum absolute atomic E-state index is 11.0. The number of nitrogens with zero attached hydrogens (tertiary/aromatic N) is 1. The number of rotatable bonds is 4. The Morgan fingerprint density at radius 2 is 1.85 bits per heavy atom. The van der Waals surface area contributed by atoms with Crippen LogP contribution in [0.2, 0.25) is 0 Å². The molecular formula is C22H27N3O2. The maximum Gasteiger partial charge on any atom is 0.257 e. The van der Waals surface area contributed by atoms with Gasteiger partial charge in [0.1, 0.15) is 5.75 Å². The molecule has 3 rings (SSSR count). The molecule has 0 bridgehead atoms. The molecular weight excluding hydrogens is 338 g/mol. The first-order valence-electron chi connectivity index (χ1n) is 8.83. The van der Waals surface area contributed by atoms with E-state index in [2.05, 4.69) is 16.0 Å². The lowest BCUT2D eigenvalue weighted by Crippen LogP contribution is -2.25. The van der Waals surface area contributed by atoms with Crippen LogP contribution in [0.4, 0.5) is 0 Å². The van der Waals surface area contributed by atoms with E-state index in [0.29, 0.717) is 0 Å². The van der Waals surface area contributed by atoms with Gasteiger partial charge in [-0.2, -0.15) is 0 Å². The summed E-state index contributed by atoms with van der Waals surface area (Å²) < 4.78 is 7.52. The van der Waals surface area contributed by atoms with E-state index in [1.165, 1.54) is 17.3 Å². The maximum atomic E-state index is 11.0. The predicted octanol–water partition coefficient (Wildman–Crippen LogP) is 3.91. The molecule has 5 heteroatoms. The highest BCUT2D eigenvalue weighted by atomic mass is 16.5. The zero-order chi connectivity index (χ0) is 20.0. The number of fused-ring (bicyclic) bond motifs is 1. The third-order valence-electron chi connectivity index (χ3n) is 4.35. The first-order chi connectivity index (χ1) is 12.9. The fourth-order valence-corrected chi connectivity index (χ4v) is 3.06. The number of aryl methyl sites for hydroxylation is 4. The van der Waals surface area contributed by atoms with Gasteiger partial charge in [0.15, 0.2) is 6.61 Å². The number of likely N-dealkylation sites (N-methyl/N-ethyl adjacent to an activating group) is 1. The van der Waals surface area contributed by atoms with E-state index < -0.39 is 0 Å². The van der Waals surface area contributed by atoms with Crippen LogP contribution in [0.15, 0.2) is 42.6 Å². The Kier molecular flexibility index (Phi) is 6.77. The molecule has 142 valence electrons. The number of hydrogen-bond donors (Lipinski definition) is 2. The van der Waals surface area contributed by atoms with Crippen LogP contribution < -0.4 is 10.1 Å². The van der Waals surface area contributed by atoms with Crippen LogP contribution in [0, 0.1) is 26.2 Å². The van der Waals surface area contributed by atoms with Crippen molar-refractivity contribution in [1.29, 1.82) is 5.41 Å². The summed E-state index contributed by atoms with van der Waals surface area (Å²) in [6.07, 6.45) is 3.40. The highest BCUT2D eigenvalue weighted by Crippen LogP contribution is 2.24. The monoisotopic (exact) mass is 365 g/mol. The van der Waals surface area contributed by atoms with Crippen molar-refractivity contribution in [2.75, 3.05) is 13.7 Å². The molecule has 0 atom stereocenters. The Labute approximate surface area is 160 Å². The van der Waals surface area contributed by atoms with Crippen LogP contribution in [0.1, 0.15) is 22.3 Å². The van der Waals surface area contributed by atoms with Crippen LogP contribution in [0.25, 0.3) is 10.9 Å². The summed E-state index contributed by atoms with van der Waals surface area (Å²) in [5, 5.41) is 10.9. The molecule has 0 aliphatic carbocycles. The van der Waals surface area contributed by atoms with Crippen LogP contribution >= 0.6 is 0 Å². The van der Waals surface area contributed by atoms with Crippen LogP contribution in [0.5, 0.6) is 5.75 Å². The summed E-state index contributed by atoms with van der Waals surface area (Å²) in [7, 11) is 3.61. The van der Waals surface area contributed by atoms with Gasteiger partial charge in [0.2, 0.25) is 0 Å². The third-order valence-corrected chi connectivity index (χ3v) is 4.35. The van der Waals surface area contributed by atoms with E-state index in [4.69, 9.17) is 10.1 Å². The lowest BCUT2D eigenvalue weighted by Gasteiger charge is -2.12. The van der Waals surface area contributed by atoms with Gasteiger partial charge in [0.05, 0.1) is 0 Å². The first-order valence-corrected chi connectivity index (χ1v) is 8.83. The molecule has 0 saturated heterocycles. The van der Waals surface area contributed by atoms with Crippen molar-refractivity contribution >= 4 is 23.0 Å². The Bertz CT molecular complexity index is 934. The number of ether oxygens (including phenoxy) is 1. The van der Waals surface area contributed by atoms with Crippen molar-refractivity contribution in [2.45, 2.75) is 20.8 Å². The van der Waals surface area contributed by atoms with Gasteiger partial charge in [-0.25, -0.2) is 0 Å². The van der Waals surface area contributed by atoms with E-state index in [0.717, 1.165) is 27.8 Å². The van der Waals surface area contributed by atoms with Gasteiger partial charge in [0.25, 0.3) is 5.91 Å². The molecule has 1 amide bonds. The number of carbonyl (C=O) groups excluding carboxylic acids is 1. The number of benzene rings is 2. The van der Waals surface area contributed by atoms with E-state index in [9.17, 15) is 4.79 Å². The number of nitrogens with one attached hydrogen (secondary N) is 2. The predicted molar refractivity (Wildman–Crippen MR) is 111 cm³/mol. The molecule has 3 aromatic rings. The second-order valence-electron chi connectivity index (χ2n) is 6.54. The first kappa shape index (κ1) is 20.2. The summed E-state index contributed by atoms with van der Waals surface area (Å²) in [6.45, 7) is 6.09. The summed E-state index contributed by atoms with van der Waals surface area (Å²) in [4.78, 5) is 11.0. The molecule has 2 N–H and O–H groups in total. The lowest BCUT2D eigenvalue weighted by molar-refractivity contribution is -0.122. The summed E-state index contributed by atoms with van der Waals surface area (Å²) in [5.74, 6) is 0.693. The summed E-state index contributed by atoms with van der Waals surface area (Å²) >= 11 is 0. The summed E-state index contributed by atoms with van der Waals surface area (Å²) in [6, 6.07) is 12.1. The highest BCUT2D eigenvalue weighted by Gasteiger charge is 2.06. The van der Waals surface area contributed by atoms with Gasteiger partial charge < -0.3 is 20.0 Å². The minimum absolute atomic E-state index is 0.0707. The molecule has 0 saturated carbocycles. The molecule has 27 heavy (non-hydrogen) atoms. The zero-order valence-corrected chi connectivity index (χ0v) is 16.6. The molecule has 5 nitrogen and oxygen atoms in total. The van der Waals surface area contributed by atoms with Gasteiger partial charge >= 0.3 is 0 Å². The fourth-order valence-electron chi connectivity index (χ4n) is 3.06.